The second kappa shape index (κ2) is 10.3. The van der Waals surface area contributed by atoms with Crippen LogP contribution in [0, 0.1) is 5.92 Å². The molecule has 0 aromatic heterocycles. The van der Waals surface area contributed by atoms with E-state index < -0.39 is 6.10 Å². The predicted octanol–water partition coefficient (Wildman–Crippen LogP) is 4.91. The van der Waals surface area contributed by atoms with Crippen molar-refractivity contribution in [2.24, 2.45) is 5.92 Å². The molecule has 3 nitrogen and oxygen atoms in total. The average molecular weight is 319 g/mol. The third-order valence-electron chi connectivity index (χ3n) is 4.32. The van der Waals surface area contributed by atoms with Gasteiger partial charge in [-0.15, -0.1) is 0 Å². The van der Waals surface area contributed by atoms with E-state index in [2.05, 4.69) is 39.1 Å². The molecule has 3 heteroatoms. The van der Waals surface area contributed by atoms with Gasteiger partial charge in [-0.3, -0.25) is 4.79 Å². The van der Waals surface area contributed by atoms with E-state index in [1.165, 1.54) is 19.3 Å². The van der Waals surface area contributed by atoms with Gasteiger partial charge in [0.25, 0.3) is 5.91 Å². The Balaban J connectivity index is 2.54. The van der Waals surface area contributed by atoms with Crippen LogP contribution in [0.2, 0.25) is 0 Å². The maximum Gasteiger partial charge on any atom is 0.260 e. The van der Waals surface area contributed by atoms with E-state index in [4.69, 9.17) is 4.74 Å². The molecular weight excluding hydrogens is 286 g/mol. The molecule has 0 radical (unpaired) electrons. The molecule has 0 saturated carbocycles. The molecule has 0 spiro atoms. The highest BCUT2D eigenvalue weighted by Crippen LogP contribution is 2.26. The van der Waals surface area contributed by atoms with Crippen LogP contribution in [0.5, 0.6) is 5.75 Å². The summed E-state index contributed by atoms with van der Waals surface area (Å²) in [4.78, 5) is 12.3. The van der Waals surface area contributed by atoms with Crippen molar-refractivity contribution in [3.05, 3.63) is 29.8 Å². The molecule has 0 bridgehead atoms. The number of nitrogens with one attached hydrogen (secondary N) is 1. The van der Waals surface area contributed by atoms with Gasteiger partial charge in [-0.1, -0.05) is 65.2 Å². The zero-order valence-electron chi connectivity index (χ0n) is 15.4. The molecule has 0 heterocycles. The molecule has 1 aromatic rings. The van der Waals surface area contributed by atoms with Crippen molar-refractivity contribution < 1.29 is 9.53 Å². The van der Waals surface area contributed by atoms with Crippen LogP contribution in [0.15, 0.2) is 24.3 Å². The van der Waals surface area contributed by atoms with Crippen LogP contribution in [0.1, 0.15) is 71.8 Å². The Labute approximate surface area is 141 Å². The molecule has 1 aromatic carbocycles. The molecule has 0 aliphatic heterocycles. The Morgan fingerprint density at radius 3 is 2.48 bits per heavy atom. The van der Waals surface area contributed by atoms with Crippen molar-refractivity contribution in [2.45, 2.75) is 72.3 Å². The summed E-state index contributed by atoms with van der Waals surface area (Å²) in [5, 5.41) is 3.05. The van der Waals surface area contributed by atoms with Crippen molar-refractivity contribution in [1.29, 1.82) is 0 Å². The first kappa shape index (κ1) is 19.5. The summed E-state index contributed by atoms with van der Waals surface area (Å²) in [6.07, 6.45) is 4.24. The number of rotatable bonds is 10. The summed E-state index contributed by atoms with van der Waals surface area (Å²) in [7, 11) is 0. The highest BCUT2D eigenvalue weighted by molar-refractivity contribution is 5.80. The number of carbonyl (C=O) groups excluding carboxylic acids is 1. The fourth-order valence-electron chi connectivity index (χ4n) is 2.64. The molecular formula is C20H33NO2. The smallest absolute Gasteiger partial charge is 0.260 e. The number of unbranched alkanes of at least 4 members (excludes halogenated alkanes) is 1. The van der Waals surface area contributed by atoms with Gasteiger partial charge in [-0.2, -0.15) is 0 Å². The van der Waals surface area contributed by atoms with E-state index in [1.54, 1.807) is 0 Å². The summed E-state index contributed by atoms with van der Waals surface area (Å²) in [6.45, 7) is 11.2. The number of hydrogen-bond donors (Lipinski definition) is 1. The summed E-state index contributed by atoms with van der Waals surface area (Å²) in [5.41, 5.74) is 1.14. The van der Waals surface area contributed by atoms with Gasteiger partial charge in [-0.25, -0.2) is 0 Å². The fourth-order valence-corrected chi connectivity index (χ4v) is 2.64. The number of hydrogen-bond acceptors (Lipinski definition) is 2. The van der Waals surface area contributed by atoms with Crippen molar-refractivity contribution in [2.75, 3.05) is 6.54 Å². The molecule has 130 valence electrons. The third kappa shape index (κ3) is 6.64. The molecule has 0 aliphatic rings. The van der Waals surface area contributed by atoms with Gasteiger partial charge < -0.3 is 10.1 Å². The minimum Gasteiger partial charge on any atom is -0.481 e. The van der Waals surface area contributed by atoms with Crippen molar-refractivity contribution in [3.8, 4) is 5.75 Å². The minimum absolute atomic E-state index is 0.0292. The van der Waals surface area contributed by atoms with Gasteiger partial charge in [0.05, 0.1) is 0 Å². The molecule has 23 heavy (non-hydrogen) atoms. The molecule has 0 saturated heterocycles. The van der Waals surface area contributed by atoms with Gasteiger partial charge >= 0.3 is 0 Å². The summed E-state index contributed by atoms with van der Waals surface area (Å²) in [5.74, 6) is 1.72. The highest BCUT2D eigenvalue weighted by Gasteiger charge is 2.18. The normalized spacial score (nSPS) is 13.7. The first-order chi connectivity index (χ1) is 11.0. The lowest BCUT2D eigenvalue weighted by atomic mass is 9.99. The zero-order chi connectivity index (χ0) is 17.2. The van der Waals surface area contributed by atoms with Gasteiger partial charge in [0.2, 0.25) is 0 Å². The number of benzene rings is 1. The monoisotopic (exact) mass is 319 g/mol. The summed E-state index contributed by atoms with van der Waals surface area (Å²) < 4.78 is 5.90. The maximum atomic E-state index is 12.3. The standard InChI is InChI=1S/C20H33NO2/c1-6-8-11-17(7-2)14-21-20(22)16(5)23-19-13-10-9-12-18(19)15(3)4/h9-10,12-13,15-17H,6-8,11,14H2,1-5H3,(H,21,22)/t16-,17+/m0/s1. The van der Waals surface area contributed by atoms with Gasteiger partial charge in [0.1, 0.15) is 5.75 Å². The van der Waals surface area contributed by atoms with Crippen LogP contribution in [0.4, 0.5) is 0 Å². The minimum atomic E-state index is -0.474. The lowest BCUT2D eigenvalue weighted by Crippen LogP contribution is -2.39. The number of ether oxygens (including phenoxy) is 1. The van der Waals surface area contributed by atoms with Gasteiger partial charge in [0.15, 0.2) is 6.10 Å². The number of amides is 1. The van der Waals surface area contributed by atoms with E-state index in [9.17, 15) is 4.79 Å². The summed E-state index contributed by atoms with van der Waals surface area (Å²) >= 11 is 0. The van der Waals surface area contributed by atoms with Gasteiger partial charge in [0, 0.05) is 6.54 Å². The Kier molecular flexibility index (Phi) is 8.75. The van der Waals surface area contributed by atoms with Crippen LogP contribution in [-0.2, 0) is 4.79 Å². The third-order valence-corrected chi connectivity index (χ3v) is 4.32. The zero-order valence-corrected chi connectivity index (χ0v) is 15.4. The molecule has 2 atom stereocenters. The highest BCUT2D eigenvalue weighted by atomic mass is 16.5. The van der Waals surface area contributed by atoms with Crippen molar-refractivity contribution in [3.63, 3.8) is 0 Å². The quantitative estimate of drug-likeness (QED) is 0.665. The van der Waals surface area contributed by atoms with Crippen LogP contribution in [-0.4, -0.2) is 18.6 Å². The largest absolute Gasteiger partial charge is 0.481 e. The van der Waals surface area contributed by atoms with Crippen LogP contribution < -0.4 is 10.1 Å². The first-order valence-electron chi connectivity index (χ1n) is 9.02. The fraction of sp³-hybridized carbons (Fsp3) is 0.650. The molecule has 1 rings (SSSR count). The number of para-hydroxylation sites is 1. The van der Waals surface area contributed by atoms with Crippen LogP contribution in [0.3, 0.4) is 0 Å². The lowest BCUT2D eigenvalue weighted by Gasteiger charge is -2.20. The van der Waals surface area contributed by atoms with E-state index in [-0.39, 0.29) is 5.91 Å². The Bertz CT molecular complexity index is 470. The van der Waals surface area contributed by atoms with Gasteiger partial charge in [-0.05, 0) is 36.8 Å². The maximum absolute atomic E-state index is 12.3. The molecule has 1 N–H and O–H groups in total. The van der Waals surface area contributed by atoms with E-state index in [1.807, 2.05) is 25.1 Å². The Morgan fingerprint density at radius 2 is 1.87 bits per heavy atom. The molecule has 0 unspecified atom stereocenters. The molecule has 1 amide bonds. The SMILES string of the molecule is CCCC[C@@H](CC)CNC(=O)[C@H](C)Oc1ccccc1C(C)C. The molecule has 0 fully saturated rings. The van der Waals surface area contributed by atoms with E-state index in [0.29, 0.717) is 11.8 Å². The Hall–Kier alpha value is -1.51. The van der Waals surface area contributed by atoms with Crippen LogP contribution >= 0.6 is 0 Å². The van der Waals surface area contributed by atoms with Crippen molar-refractivity contribution >= 4 is 5.91 Å². The van der Waals surface area contributed by atoms with Crippen molar-refractivity contribution in [1.82, 2.24) is 5.32 Å². The molecule has 0 aliphatic carbocycles. The Morgan fingerprint density at radius 1 is 1.17 bits per heavy atom. The first-order valence-corrected chi connectivity index (χ1v) is 9.02. The van der Waals surface area contributed by atoms with E-state index in [0.717, 1.165) is 24.3 Å². The lowest BCUT2D eigenvalue weighted by molar-refractivity contribution is -0.127. The second-order valence-electron chi connectivity index (χ2n) is 6.61. The second-order valence-corrected chi connectivity index (χ2v) is 6.61. The predicted molar refractivity (Wildman–Crippen MR) is 96.9 cm³/mol. The van der Waals surface area contributed by atoms with Crippen LogP contribution in [0.25, 0.3) is 0 Å². The topological polar surface area (TPSA) is 38.3 Å². The van der Waals surface area contributed by atoms with E-state index >= 15 is 0 Å². The average Bonchev–Trinajstić information content (AvgIpc) is 2.55. The number of carbonyl (C=O) groups is 1. The summed E-state index contributed by atoms with van der Waals surface area (Å²) in [6, 6.07) is 7.95.